The van der Waals surface area contributed by atoms with Gasteiger partial charge in [0.1, 0.15) is 5.15 Å². The van der Waals surface area contributed by atoms with E-state index in [2.05, 4.69) is 5.43 Å². The van der Waals surface area contributed by atoms with Crippen molar-refractivity contribution in [2.24, 2.45) is 0 Å². The van der Waals surface area contributed by atoms with Crippen molar-refractivity contribution in [1.29, 1.82) is 0 Å². The maximum atomic E-state index is 12.9. The number of carbonyl (C=O) groups excluding carboxylic acids is 1. The number of ether oxygens (including phenoxy) is 1. The van der Waals surface area contributed by atoms with Gasteiger partial charge in [-0.25, -0.2) is 5.01 Å². The third kappa shape index (κ3) is 3.44. The van der Waals surface area contributed by atoms with E-state index in [-0.39, 0.29) is 18.3 Å². The topological polar surface area (TPSA) is 46.5 Å². The maximum Gasteiger partial charge on any atom is 0.269 e. The van der Waals surface area contributed by atoms with Crippen molar-refractivity contribution in [1.82, 2.24) is 15.0 Å². The van der Waals surface area contributed by atoms with Crippen LogP contribution in [0.25, 0.3) is 16.6 Å². The van der Waals surface area contributed by atoms with Crippen LogP contribution in [0.2, 0.25) is 5.15 Å². The summed E-state index contributed by atoms with van der Waals surface area (Å²) in [6.07, 6.45) is 0. The minimum absolute atomic E-state index is 0. The second kappa shape index (κ2) is 8.10. The molecule has 4 rings (SSSR count). The second-order valence-electron chi connectivity index (χ2n) is 5.89. The fourth-order valence-electron chi connectivity index (χ4n) is 3.13. The Kier molecular flexibility index (Phi) is 5.84. The molecule has 0 unspecified atom stereocenters. The normalized spacial score (nSPS) is 14.8. The number of halogens is 2. The molecule has 2 heterocycles. The molecule has 1 aromatic heterocycles. The molecular formula is C19H19Cl2N3O2. The van der Waals surface area contributed by atoms with Crippen LogP contribution in [0.4, 0.5) is 0 Å². The Morgan fingerprint density at radius 3 is 2.38 bits per heavy atom. The van der Waals surface area contributed by atoms with E-state index in [1.54, 1.807) is 0 Å². The van der Waals surface area contributed by atoms with E-state index in [1.807, 2.05) is 64.2 Å². The lowest BCUT2D eigenvalue weighted by atomic mass is 10.1. The molecule has 0 aliphatic carbocycles. The molecule has 7 heteroatoms. The third-order valence-corrected chi connectivity index (χ3v) is 4.69. The molecule has 1 amide bonds. The zero-order valence-electron chi connectivity index (χ0n) is 14.0. The van der Waals surface area contributed by atoms with E-state index in [4.69, 9.17) is 16.3 Å². The van der Waals surface area contributed by atoms with Gasteiger partial charge in [-0.15, -0.1) is 12.4 Å². The number of morpholine rings is 1. The lowest BCUT2D eigenvalue weighted by Crippen LogP contribution is -2.48. The molecule has 0 spiro atoms. The zero-order chi connectivity index (χ0) is 17.2. The number of aromatic nitrogens is 1. The quantitative estimate of drug-likeness (QED) is 0.740. The van der Waals surface area contributed by atoms with Crippen LogP contribution in [0, 0.1) is 0 Å². The highest BCUT2D eigenvalue weighted by atomic mass is 35.5. The highest BCUT2D eigenvalue weighted by Crippen LogP contribution is 2.33. The number of hydrogen-bond acceptors (Lipinski definition) is 3. The van der Waals surface area contributed by atoms with Crippen molar-refractivity contribution in [3.05, 3.63) is 65.3 Å². The standard InChI is InChI=1S/C19H18ClN3O2.ClH/c20-18-17(19(24)21-22-10-12-25-13-11-22)15-8-4-5-9-16(15)23(18)14-6-2-1-3-7-14;/h1-9H,10-13H2,(H,21,24);1H. The lowest BCUT2D eigenvalue weighted by molar-refractivity contribution is 0.0127. The van der Waals surface area contributed by atoms with Crippen molar-refractivity contribution < 1.29 is 9.53 Å². The smallest absolute Gasteiger partial charge is 0.269 e. The highest BCUT2D eigenvalue weighted by Gasteiger charge is 2.24. The first-order valence-electron chi connectivity index (χ1n) is 8.24. The van der Waals surface area contributed by atoms with Gasteiger partial charge in [-0.1, -0.05) is 48.0 Å². The van der Waals surface area contributed by atoms with Gasteiger partial charge in [-0.05, 0) is 18.2 Å². The first kappa shape index (κ1) is 18.7. The van der Waals surface area contributed by atoms with Gasteiger partial charge >= 0.3 is 0 Å². The van der Waals surface area contributed by atoms with Crippen LogP contribution in [0.1, 0.15) is 10.4 Å². The molecule has 2 aromatic carbocycles. The number of nitrogens with zero attached hydrogens (tertiary/aromatic N) is 2. The Balaban J connectivity index is 0.00000196. The van der Waals surface area contributed by atoms with Crippen molar-refractivity contribution >= 4 is 40.8 Å². The van der Waals surface area contributed by atoms with Crippen molar-refractivity contribution in [3.8, 4) is 5.69 Å². The molecular weight excluding hydrogens is 373 g/mol. The van der Waals surface area contributed by atoms with E-state index in [0.717, 1.165) is 16.6 Å². The molecule has 0 radical (unpaired) electrons. The molecule has 26 heavy (non-hydrogen) atoms. The average molecular weight is 392 g/mol. The van der Waals surface area contributed by atoms with Gasteiger partial charge in [-0.2, -0.15) is 0 Å². The second-order valence-corrected chi connectivity index (χ2v) is 6.25. The van der Waals surface area contributed by atoms with Gasteiger partial charge in [0.2, 0.25) is 0 Å². The summed E-state index contributed by atoms with van der Waals surface area (Å²) in [4.78, 5) is 12.9. The van der Waals surface area contributed by atoms with E-state index in [1.165, 1.54) is 0 Å². The molecule has 0 atom stereocenters. The Bertz CT molecular complexity index is 906. The molecule has 1 aliphatic heterocycles. The predicted molar refractivity (Wildman–Crippen MR) is 105 cm³/mol. The summed E-state index contributed by atoms with van der Waals surface area (Å²) in [5.41, 5.74) is 5.28. The monoisotopic (exact) mass is 391 g/mol. The van der Waals surface area contributed by atoms with E-state index in [0.29, 0.717) is 37.0 Å². The molecule has 5 nitrogen and oxygen atoms in total. The Labute approximate surface area is 162 Å². The first-order valence-corrected chi connectivity index (χ1v) is 8.61. The van der Waals surface area contributed by atoms with Crippen LogP contribution in [-0.2, 0) is 4.74 Å². The van der Waals surface area contributed by atoms with Gasteiger partial charge in [0.25, 0.3) is 5.91 Å². The number of benzene rings is 2. The molecule has 136 valence electrons. The van der Waals surface area contributed by atoms with Crippen LogP contribution < -0.4 is 5.43 Å². The third-order valence-electron chi connectivity index (χ3n) is 4.33. The number of para-hydroxylation sites is 2. The minimum atomic E-state index is -0.196. The summed E-state index contributed by atoms with van der Waals surface area (Å²) in [5, 5.41) is 3.12. The number of hydrogen-bond donors (Lipinski definition) is 1. The van der Waals surface area contributed by atoms with Crippen molar-refractivity contribution in [3.63, 3.8) is 0 Å². The highest BCUT2D eigenvalue weighted by molar-refractivity contribution is 6.35. The number of rotatable bonds is 3. The van der Waals surface area contributed by atoms with Crippen molar-refractivity contribution in [2.75, 3.05) is 26.3 Å². The van der Waals surface area contributed by atoms with Crippen LogP contribution >= 0.6 is 24.0 Å². The predicted octanol–water partition coefficient (Wildman–Crippen LogP) is 3.68. The number of carbonyl (C=O) groups is 1. The molecule has 1 N–H and O–H groups in total. The fraction of sp³-hybridized carbons (Fsp3) is 0.211. The van der Waals surface area contributed by atoms with E-state index < -0.39 is 0 Å². The summed E-state index contributed by atoms with van der Waals surface area (Å²) in [7, 11) is 0. The minimum Gasteiger partial charge on any atom is -0.379 e. The molecule has 1 fully saturated rings. The molecule has 1 aliphatic rings. The lowest BCUT2D eigenvalue weighted by Gasteiger charge is -2.26. The Morgan fingerprint density at radius 1 is 1.00 bits per heavy atom. The number of hydrazine groups is 1. The van der Waals surface area contributed by atoms with E-state index in [9.17, 15) is 4.79 Å². The maximum absolute atomic E-state index is 12.9. The summed E-state index contributed by atoms with van der Waals surface area (Å²) < 4.78 is 7.23. The largest absolute Gasteiger partial charge is 0.379 e. The van der Waals surface area contributed by atoms with E-state index >= 15 is 0 Å². The first-order chi connectivity index (χ1) is 12.3. The van der Waals surface area contributed by atoms with Gasteiger partial charge in [-0.3, -0.25) is 14.8 Å². The number of amides is 1. The summed E-state index contributed by atoms with van der Waals surface area (Å²) in [6, 6.07) is 17.6. The molecule has 3 aromatic rings. The zero-order valence-corrected chi connectivity index (χ0v) is 15.6. The van der Waals surface area contributed by atoms with Gasteiger partial charge in [0, 0.05) is 24.2 Å². The number of fused-ring (bicyclic) bond motifs is 1. The van der Waals surface area contributed by atoms with Crippen LogP contribution in [0.3, 0.4) is 0 Å². The summed E-state index contributed by atoms with van der Waals surface area (Å²) >= 11 is 6.66. The summed E-state index contributed by atoms with van der Waals surface area (Å²) in [6.45, 7) is 2.56. The van der Waals surface area contributed by atoms with Crippen LogP contribution in [0.15, 0.2) is 54.6 Å². The summed E-state index contributed by atoms with van der Waals surface area (Å²) in [5.74, 6) is -0.196. The number of nitrogens with one attached hydrogen (secondary N) is 1. The van der Waals surface area contributed by atoms with Crippen LogP contribution in [-0.4, -0.2) is 41.8 Å². The molecule has 1 saturated heterocycles. The Hall–Kier alpha value is -2.05. The van der Waals surface area contributed by atoms with Crippen LogP contribution in [0.5, 0.6) is 0 Å². The molecule has 0 saturated carbocycles. The SMILES string of the molecule is Cl.O=C(NN1CCOCC1)c1c(Cl)n(-c2ccccc2)c2ccccc12. The Morgan fingerprint density at radius 2 is 1.65 bits per heavy atom. The molecule has 0 bridgehead atoms. The van der Waals surface area contributed by atoms with Gasteiger partial charge in [0.15, 0.2) is 0 Å². The van der Waals surface area contributed by atoms with Gasteiger partial charge in [0.05, 0.1) is 24.3 Å². The fourth-order valence-corrected chi connectivity index (χ4v) is 3.51. The van der Waals surface area contributed by atoms with Crippen molar-refractivity contribution in [2.45, 2.75) is 0 Å². The average Bonchev–Trinajstić information content (AvgIpc) is 2.95. The van der Waals surface area contributed by atoms with Gasteiger partial charge < -0.3 is 4.74 Å².